The molecule has 3 aromatic rings. The number of rotatable bonds is 5. The van der Waals surface area contributed by atoms with Crippen LogP contribution in [-0.2, 0) is 17.7 Å². The van der Waals surface area contributed by atoms with Crippen molar-refractivity contribution in [2.24, 2.45) is 0 Å². The van der Waals surface area contributed by atoms with Gasteiger partial charge >= 0.3 is 0 Å². The highest BCUT2D eigenvalue weighted by Gasteiger charge is 2.26. The quantitative estimate of drug-likeness (QED) is 0.546. The van der Waals surface area contributed by atoms with Gasteiger partial charge in [0.15, 0.2) is 11.6 Å². The van der Waals surface area contributed by atoms with Crippen molar-refractivity contribution in [3.05, 3.63) is 36.4 Å². The Hall–Kier alpha value is -2.76. The summed E-state index contributed by atoms with van der Waals surface area (Å²) in [5, 5.41) is 3.38. The van der Waals surface area contributed by atoms with Crippen LogP contribution in [0.25, 0.3) is 11.0 Å². The lowest BCUT2D eigenvalue weighted by atomic mass is 10.2. The van der Waals surface area contributed by atoms with Gasteiger partial charge in [-0.05, 0) is 11.6 Å². The van der Waals surface area contributed by atoms with Crippen LogP contribution in [0.1, 0.15) is 5.56 Å². The van der Waals surface area contributed by atoms with Crippen LogP contribution in [0.15, 0.2) is 30.9 Å². The summed E-state index contributed by atoms with van der Waals surface area (Å²) in [6, 6.07) is 3.98. The molecule has 0 amide bonds. The third-order valence-electron chi connectivity index (χ3n) is 5.81. The molecule has 0 spiro atoms. The molecule has 5 heterocycles. The SMILES string of the molecule is CN(Cc1cccnc1)c1ncnc2c(N3CC[S+]([O-])CC3)nc(N3CCNCC3)nc12. The molecule has 11 heteroatoms. The standard InChI is InChI=1S/C21H27N9OS/c1-28(14-16-3-2-4-23-13-16)19-18-17(24-15-25-19)20(29-9-11-32(31)12-10-29)27-21(26-18)30-7-5-22-6-8-30/h2-4,13,15,22H,5-12,14H2,1H3. The fourth-order valence-electron chi connectivity index (χ4n) is 4.10. The van der Waals surface area contributed by atoms with Gasteiger partial charge in [-0.25, -0.2) is 15.0 Å². The molecule has 0 aliphatic carbocycles. The minimum atomic E-state index is -0.763. The number of nitrogens with one attached hydrogen (secondary N) is 1. The van der Waals surface area contributed by atoms with Crippen molar-refractivity contribution in [2.45, 2.75) is 6.54 Å². The zero-order valence-corrected chi connectivity index (χ0v) is 19.0. The molecule has 32 heavy (non-hydrogen) atoms. The van der Waals surface area contributed by atoms with E-state index in [4.69, 9.17) is 9.97 Å². The van der Waals surface area contributed by atoms with E-state index in [0.717, 1.165) is 54.4 Å². The van der Waals surface area contributed by atoms with Gasteiger partial charge < -0.3 is 24.6 Å². The molecular formula is C21H27N9OS. The van der Waals surface area contributed by atoms with Gasteiger partial charge in [0.05, 0.1) is 13.1 Å². The number of nitrogens with zero attached hydrogens (tertiary/aromatic N) is 8. The van der Waals surface area contributed by atoms with Crippen molar-refractivity contribution in [3.8, 4) is 0 Å². The second-order valence-corrected chi connectivity index (χ2v) is 9.73. The Labute approximate surface area is 190 Å². The highest BCUT2D eigenvalue weighted by atomic mass is 32.2. The Morgan fingerprint density at radius 3 is 2.62 bits per heavy atom. The number of piperazine rings is 1. The van der Waals surface area contributed by atoms with Gasteiger partial charge in [-0.1, -0.05) is 17.2 Å². The summed E-state index contributed by atoms with van der Waals surface area (Å²) in [5.74, 6) is 3.56. The number of hydrogen-bond donors (Lipinski definition) is 1. The second-order valence-electron chi connectivity index (χ2n) is 8.03. The van der Waals surface area contributed by atoms with Gasteiger partial charge in [0.1, 0.15) is 28.9 Å². The Bertz CT molecular complexity index is 1060. The molecule has 10 nitrogen and oxygen atoms in total. The summed E-state index contributed by atoms with van der Waals surface area (Å²) in [5.41, 5.74) is 2.57. The smallest absolute Gasteiger partial charge is 0.228 e. The van der Waals surface area contributed by atoms with Gasteiger partial charge in [0, 0.05) is 52.2 Å². The van der Waals surface area contributed by atoms with E-state index in [-0.39, 0.29) is 0 Å². The van der Waals surface area contributed by atoms with Crippen molar-refractivity contribution in [1.29, 1.82) is 0 Å². The first-order chi connectivity index (χ1) is 15.7. The van der Waals surface area contributed by atoms with Gasteiger partial charge in [-0.15, -0.1) is 0 Å². The van der Waals surface area contributed by atoms with Crippen LogP contribution < -0.4 is 20.0 Å². The maximum Gasteiger partial charge on any atom is 0.228 e. The molecule has 2 fully saturated rings. The molecule has 1 N–H and O–H groups in total. The number of pyridine rings is 1. The molecule has 168 valence electrons. The van der Waals surface area contributed by atoms with E-state index in [1.807, 2.05) is 25.4 Å². The largest absolute Gasteiger partial charge is 0.616 e. The predicted octanol–water partition coefficient (Wildman–Crippen LogP) is 0.430. The monoisotopic (exact) mass is 453 g/mol. The van der Waals surface area contributed by atoms with E-state index in [0.29, 0.717) is 37.1 Å². The van der Waals surface area contributed by atoms with Crippen molar-refractivity contribution < 1.29 is 4.55 Å². The molecule has 2 aliphatic rings. The lowest BCUT2D eigenvalue weighted by molar-refractivity contribution is 0.578. The zero-order valence-electron chi connectivity index (χ0n) is 18.1. The van der Waals surface area contributed by atoms with Gasteiger partial charge in [-0.3, -0.25) is 4.98 Å². The van der Waals surface area contributed by atoms with Gasteiger partial charge in [0.2, 0.25) is 5.95 Å². The van der Waals surface area contributed by atoms with Crippen LogP contribution in [0.4, 0.5) is 17.6 Å². The van der Waals surface area contributed by atoms with Crippen LogP contribution >= 0.6 is 0 Å². The number of anilines is 3. The Kier molecular flexibility index (Phi) is 6.19. The maximum atomic E-state index is 11.9. The molecule has 0 radical (unpaired) electrons. The van der Waals surface area contributed by atoms with Gasteiger partial charge in [0.25, 0.3) is 0 Å². The summed E-state index contributed by atoms with van der Waals surface area (Å²) >= 11 is -0.763. The van der Waals surface area contributed by atoms with Crippen molar-refractivity contribution in [3.63, 3.8) is 0 Å². The normalized spacial score (nSPS) is 17.7. The lowest BCUT2D eigenvalue weighted by Gasteiger charge is -2.32. The summed E-state index contributed by atoms with van der Waals surface area (Å²) in [6.45, 7) is 5.56. The summed E-state index contributed by atoms with van der Waals surface area (Å²) in [7, 11) is 2.01. The minimum Gasteiger partial charge on any atom is -0.616 e. The van der Waals surface area contributed by atoms with E-state index >= 15 is 0 Å². The third-order valence-corrected chi connectivity index (χ3v) is 7.09. The molecule has 0 bridgehead atoms. The summed E-state index contributed by atoms with van der Waals surface area (Å²) in [6.07, 6.45) is 5.21. The molecule has 0 unspecified atom stereocenters. The predicted molar refractivity (Wildman–Crippen MR) is 127 cm³/mol. The van der Waals surface area contributed by atoms with Gasteiger partial charge in [-0.2, -0.15) is 4.98 Å². The fraction of sp³-hybridized carbons (Fsp3) is 0.476. The Morgan fingerprint density at radius 1 is 1.06 bits per heavy atom. The van der Waals surface area contributed by atoms with E-state index in [9.17, 15) is 4.55 Å². The topological polar surface area (TPSA) is 109 Å². The van der Waals surface area contributed by atoms with Crippen molar-refractivity contribution >= 4 is 39.8 Å². The Morgan fingerprint density at radius 2 is 1.88 bits per heavy atom. The second kappa shape index (κ2) is 9.39. The van der Waals surface area contributed by atoms with E-state index < -0.39 is 11.2 Å². The average molecular weight is 454 g/mol. The highest BCUT2D eigenvalue weighted by molar-refractivity contribution is 7.91. The fourth-order valence-corrected chi connectivity index (χ4v) is 5.16. The Balaban J connectivity index is 1.58. The van der Waals surface area contributed by atoms with Crippen LogP contribution in [0.3, 0.4) is 0 Å². The van der Waals surface area contributed by atoms with Crippen LogP contribution in [-0.4, -0.2) is 87.3 Å². The summed E-state index contributed by atoms with van der Waals surface area (Å²) < 4.78 is 11.9. The molecule has 0 atom stereocenters. The first-order valence-corrected chi connectivity index (χ1v) is 12.4. The highest BCUT2D eigenvalue weighted by Crippen LogP contribution is 2.31. The summed E-state index contributed by atoms with van der Waals surface area (Å²) in [4.78, 5) is 29.8. The first kappa shape index (κ1) is 21.1. The van der Waals surface area contributed by atoms with Crippen LogP contribution in [0, 0.1) is 0 Å². The molecule has 0 aromatic carbocycles. The van der Waals surface area contributed by atoms with E-state index in [1.165, 1.54) is 0 Å². The maximum absolute atomic E-state index is 11.9. The third kappa shape index (κ3) is 4.41. The zero-order chi connectivity index (χ0) is 21.9. The van der Waals surface area contributed by atoms with E-state index in [2.05, 4.69) is 35.0 Å². The average Bonchev–Trinajstić information content (AvgIpc) is 2.84. The first-order valence-electron chi connectivity index (χ1n) is 10.9. The lowest BCUT2D eigenvalue weighted by Crippen LogP contribution is -2.45. The number of aromatic nitrogens is 5. The molecule has 2 aliphatic heterocycles. The van der Waals surface area contributed by atoms with Crippen molar-refractivity contribution in [2.75, 3.05) is 72.5 Å². The number of fused-ring (bicyclic) bond motifs is 1. The molecule has 5 rings (SSSR count). The van der Waals surface area contributed by atoms with Crippen molar-refractivity contribution in [1.82, 2.24) is 30.2 Å². The van der Waals surface area contributed by atoms with Crippen LogP contribution in [0.5, 0.6) is 0 Å². The van der Waals surface area contributed by atoms with E-state index in [1.54, 1.807) is 12.5 Å². The van der Waals surface area contributed by atoms with Crippen LogP contribution in [0.2, 0.25) is 0 Å². The molecule has 0 saturated carbocycles. The number of hydrogen-bond acceptors (Lipinski definition) is 10. The molecular weight excluding hydrogens is 426 g/mol. The molecule has 2 saturated heterocycles. The minimum absolute atomic E-state index is 0.646. The molecule has 3 aromatic heterocycles.